The Hall–Kier alpha value is -1.83. The van der Waals surface area contributed by atoms with Gasteiger partial charge in [-0.05, 0) is 37.1 Å². The van der Waals surface area contributed by atoms with Gasteiger partial charge in [-0.15, -0.1) is 11.8 Å². The number of rotatable bonds is 5. The number of anilines is 1. The normalized spacial score (nSPS) is 16.9. The van der Waals surface area contributed by atoms with E-state index in [0.29, 0.717) is 25.2 Å². The maximum Gasteiger partial charge on any atom is 0.240 e. The molecule has 1 unspecified atom stereocenters. The van der Waals surface area contributed by atoms with Crippen molar-refractivity contribution in [3.8, 4) is 0 Å². The molecule has 2 aromatic carbocycles. The summed E-state index contributed by atoms with van der Waals surface area (Å²) in [5, 5.41) is 0.275. The van der Waals surface area contributed by atoms with E-state index >= 15 is 0 Å². The number of amides is 1. The van der Waals surface area contributed by atoms with Gasteiger partial charge in [0.2, 0.25) is 15.9 Å². The van der Waals surface area contributed by atoms with Crippen molar-refractivity contribution in [1.29, 1.82) is 0 Å². The molecule has 3 rings (SSSR count). The first-order valence-corrected chi connectivity index (χ1v) is 11.3. The standard InChI is InChI=1S/C20H24N2O3S2/c1-14-4-6-17(7-5-14)10-11-21-27(24,25)18-8-9-20-19(12-18)22(16(3)23)13-15(2)26-20/h4-9,12,15,21H,10-11,13H2,1-3H3. The molecule has 0 saturated heterocycles. The Morgan fingerprint density at radius 3 is 2.59 bits per heavy atom. The minimum Gasteiger partial charge on any atom is -0.310 e. The van der Waals surface area contributed by atoms with Crippen molar-refractivity contribution in [1.82, 2.24) is 4.72 Å². The fourth-order valence-corrected chi connectivity index (χ4v) is 5.20. The van der Waals surface area contributed by atoms with Crippen molar-refractivity contribution in [2.24, 2.45) is 0 Å². The zero-order chi connectivity index (χ0) is 19.6. The zero-order valence-corrected chi connectivity index (χ0v) is 17.4. The Bertz CT molecular complexity index is 940. The van der Waals surface area contributed by atoms with E-state index < -0.39 is 10.0 Å². The van der Waals surface area contributed by atoms with Crippen LogP contribution in [-0.4, -0.2) is 32.7 Å². The molecular formula is C20H24N2O3S2. The summed E-state index contributed by atoms with van der Waals surface area (Å²) in [5.41, 5.74) is 2.93. The number of nitrogens with zero attached hydrogens (tertiary/aromatic N) is 1. The lowest BCUT2D eigenvalue weighted by atomic mass is 10.1. The molecule has 1 amide bonds. The van der Waals surface area contributed by atoms with Gasteiger partial charge in [-0.2, -0.15) is 0 Å². The maximum atomic E-state index is 12.7. The van der Waals surface area contributed by atoms with Crippen LogP contribution in [0.5, 0.6) is 0 Å². The fourth-order valence-electron chi connectivity index (χ4n) is 3.05. The van der Waals surface area contributed by atoms with E-state index in [1.54, 1.807) is 34.9 Å². The van der Waals surface area contributed by atoms with E-state index in [9.17, 15) is 13.2 Å². The molecule has 1 heterocycles. The molecule has 0 saturated carbocycles. The van der Waals surface area contributed by atoms with Crippen LogP contribution in [-0.2, 0) is 21.2 Å². The van der Waals surface area contributed by atoms with E-state index in [-0.39, 0.29) is 16.1 Å². The predicted molar refractivity (Wildman–Crippen MR) is 110 cm³/mol. The van der Waals surface area contributed by atoms with Crippen LogP contribution >= 0.6 is 11.8 Å². The van der Waals surface area contributed by atoms with E-state index in [1.165, 1.54) is 12.5 Å². The molecule has 1 N–H and O–H groups in total. The average Bonchev–Trinajstić information content (AvgIpc) is 2.62. The van der Waals surface area contributed by atoms with Gasteiger partial charge in [0.1, 0.15) is 0 Å². The topological polar surface area (TPSA) is 66.5 Å². The summed E-state index contributed by atoms with van der Waals surface area (Å²) < 4.78 is 28.0. The Morgan fingerprint density at radius 1 is 1.22 bits per heavy atom. The molecule has 2 aromatic rings. The van der Waals surface area contributed by atoms with Crippen molar-refractivity contribution < 1.29 is 13.2 Å². The predicted octanol–water partition coefficient (Wildman–Crippen LogP) is 3.36. The highest BCUT2D eigenvalue weighted by atomic mass is 32.2. The third kappa shape index (κ3) is 4.72. The second-order valence-corrected chi connectivity index (χ2v) is 10.1. The van der Waals surface area contributed by atoms with Crippen LogP contribution < -0.4 is 9.62 Å². The van der Waals surface area contributed by atoms with Crippen molar-refractivity contribution in [3.05, 3.63) is 53.6 Å². The zero-order valence-electron chi connectivity index (χ0n) is 15.7. The molecule has 0 radical (unpaired) electrons. The molecule has 7 heteroatoms. The number of aryl methyl sites for hydroxylation is 1. The summed E-state index contributed by atoms with van der Waals surface area (Å²) in [6, 6.07) is 13.0. The highest BCUT2D eigenvalue weighted by Gasteiger charge is 2.27. The first-order valence-electron chi connectivity index (χ1n) is 8.90. The first-order chi connectivity index (χ1) is 12.8. The Kier molecular flexibility index (Phi) is 5.93. The van der Waals surface area contributed by atoms with Crippen molar-refractivity contribution in [2.45, 2.75) is 42.2 Å². The fraction of sp³-hybridized carbons (Fsp3) is 0.350. The second kappa shape index (κ2) is 8.04. The Labute approximate surface area is 165 Å². The molecule has 0 aliphatic carbocycles. The van der Waals surface area contributed by atoms with Gasteiger partial charge in [-0.1, -0.05) is 36.8 Å². The second-order valence-electron chi connectivity index (χ2n) is 6.82. The molecule has 144 valence electrons. The number of hydrogen-bond donors (Lipinski definition) is 1. The van der Waals surface area contributed by atoms with Gasteiger partial charge < -0.3 is 4.90 Å². The largest absolute Gasteiger partial charge is 0.310 e. The molecule has 0 aromatic heterocycles. The van der Waals surface area contributed by atoms with Crippen molar-refractivity contribution >= 4 is 33.4 Å². The minimum atomic E-state index is -3.63. The van der Waals surface area contributed by atoms with Crippen LogP contribution in [0.1, 0.15) is 25.0 Å². The molecule has 27 heavy (non-hydrogen) atoms. The van der Waals surface area contributed by atoms with Gasteiger partial charge in [-0.25, -0.2) is 13.1 Å². The highest BCUT2D eigenvalue weighted by Crippen LogP contribution is 2.39. The third-order valence-corrected chi connectivity index (χ3v) is 7.12. The van der Waals surface area contributed by atoms with Gasteiger partial charge in [0.15, 0.2) is 0 Å². The summed E-state index contributed by atoms with van der Waals surface area (Å²) in [6.45, 7) is 6.49. The van der Waals surface area contributed by atoms with Crippen LogP contribution in [0.3, 0.4) is 0 Å². The SMILES string of the molecule is CC(=O)N1CC(C)Sc2ccc(S(=O)(=O)NCCc3ccc(C)cc3)cc21. The van der Waals surface area contributed by atoms with Gasteiger partial charge in [0.05, 0.1) is 10.6 Å². The number of hydrogen-bond acceptors (Lipinski definition) is 4. The quantitative estimate of drug-likeness (QED) is 0.830. The minimum absolute atomic E-state index is 0.0784. The number of carbonyl (C=O) groups is 1. The summed E-state index contributed by atoms with van der Waals surface area (Å²) in [4.78, 5) is 14.7. The molecule has 0 spiro atoms. The number of benzene rings is 2. The Morgan fingerprint density at radius 2 is 1.93 bits per heavy atom. The number of thioether (sulfide) groups is 1. The lowest BCUT2D eigenvalue weighted by Crippen LogP contribution is -2.37. The smallest absolute Gasteiger partial charge is 0.240 e. The monoisotopic (exact) mass is 404 g/mol. The van der Waals surface area contributed by atoms with Crippen molar-refractivity contribution in [3.63, 3.8) is 0 Å². The van der Waals surface area contributed by atoms with E-state index in [4.69, 9.17) is 0 Å². The summed E-state index contributed by atoms with van der Waals surface area (Å²) in [7, 11) is -3.63. The first kappa shape index (κ1) is 19.9. The van der Waals surface area contributed by atoms with Crippen LogP contribution in [0, 0.1) is 6.92 Å². The summed E-state index contributed by atoms with van der Waals surface area (Å²) in [5.74, 6) is -0.0784. The van der Waals surface area contributed by atoms with Gasteiger partial charge in [0, 0.05) is 30.2 Å². The molecule has 1 aliphatic heterocycles. The number of carbonyl (C=O) groups excluding carboxylic acids is 1. The Balaban J connectivity index is 1.75. The molecule has 5 nitrogen and oxygen atoms in total. The molecular weight excluding hydrogens is 380 g/mol. The van der Waals surface area contributed by atoms with E-state index in [2.05, 4.69) is 11.6 Å². The lowest BCUT2D eigenvalue weighted by Gasteiger charge is -2.32. The van der Waals surface area contributed by atoms with Gasteiger partial charge >= 0.3 is 0 Å². The average molecular weight is 405 g/mol. The maximum absolute atomic E-state index is 12.7. The molecule has 0 bridgehead atoms. The lowest BCUT2D eigenvalue weighted by molar-refractivity contribution is -0.116. The number of nitrogens with one attached hydrogen (secondary N) is 1. The number of sulfonamides is 1. The van der Waals surface area contributed by atoms with Crippen LogP contribution in [0.25, 0.3) is 0 Å². The molecule has 1 atom stereocenters. The third-order valence-electron chi connectivity index (χ3n) is 4.51. The van der Waals surface area contributed by atoms with Gasteiger partial charge in [-0.3, -0.25) is 4.79 Å². The van der Waals surface area contributed by atoms with Crippen LogP contribution in [0.2, 0.25) is 0 Å². The molecule has 1 aliphatic rings. The highest BCUT2D eigenvalue weighted by molar-refractivity contribution is 8.00. The van der Waals surface area contributed by atoms with Crippen LogP contribution in [0.4, 0.5) is 5.69 Å². The van der Waals surface area contributed by atoms with Gasteiger partial charge in [0.25, 0.3) is 0 Å². The van der Waals surface area contributed by atoms with Crippen LogP contribution in [0.15, 0.2) is 52.3 Å². The summed E-state index contributed by atoms with van der Waals surface area (Å²) in [6.07, 6.45) is 0.622. The number of fused-ring (bicyclic) bond motifs is 1. The summed E-state index contributed by atoms with van der Waals surface area (Å²) >= 11 is 1.66. The van der Waals surface area contributed by atoms with Crippen molar-refractivity contribution in [2.75, 3.05) is 18.0 Å². The van der Waals surface area contributed by atoms with E-state index in [0.717, 1.165) is 10.5 Å². The van der Waals surface area contributed by atoms with E-state index in [1.807, 2.05) is 31.2 Å². The molecule has 0 fully saturated rings.